The number of aromatic nitrogens is 2. The van der Waals surface area contributed by atoms with Crippen LogP contribution in [0, 0.1) is 12.7 Å². The van der Waals surface area contributed by atoms with E-state index >= 15 is 0 Å². The summed E-state index contributed by atoms with van der Waals surface area (Å²) >= 11 is 1.39. The molecule has 2 aromatic rings. The van der Waals surface area contributed by atoms with Gasteiger partial charge in [-0.05, 0) is 58.0 Å². The zero-order valence-corrected chi connectivity index (χ0v) is 20.3. The van der Waals surface area contributed by atoms with Gasteiger partial charge in [0.1, 0.15) is 5.82 Å². The van der Waals surface area contributed by atoms with Crippen LogP contribution in [-0.4, -0.2) is 67.0 Å². The normalized spacial score (nSPS) is 18.5. The van der Waals surface area contributed by atoms with E-state index in [1.807, 2.05) is 29.5 Å². The predicted octanol–water partition coefficient (Wildman–Crippen LogP) is 4.07. The first kappa shape index (κ1) is 23.8. The van der Waals surface area contributed by atoms with Gasteiger partial charge < -0.3 is 19.9 Å². The number of thioether (sulfide) groups is 1. The fraction of sp³-hybridized carbons (Fsp3) is 0.500. The average molecular weight is 474 g/mol. The first-order valence-electron chi connectivity index (χ1n) is 11.5. The van der Waals surface area contributed by atoms with Gasteiger partial charge in [0.2, 0.25) is 0 Å². The maximum absolute atomic E-state index is 14.8. The van der Waals surface area contributed by atoms with Crippen LogP contribution in [-0.2, 0) is 9.53 Å². The number of nitrogens with one attached hydrogen (secondary N) is 1. The summed E-state index contributed by atoms with van der Waals surface area (Å²) in [5, 5.41) is 8.44. The Morgan fingerprint density at radius 2 is 1.94 bits per heavy atom. The van der Waals surface area contributed by atoms with Crippen LogP contribution in [0.2, 0.25) is 0 Å². The lowest BCUT2D eigenvalue weighted by atomic mass is 10.1. The van der Waals surface area contributed by atoms with Crippen LogP contribution in [0.15, 0.2) is 40.3 Å². The SMILES string of the molecule is C/C=C(\Sc1cc(C)nn1C1CCOCC1)C(=O)Nc1ccc(N2CCN(C)CC2)c(F)c1. The molecule has 1 aromatic heterocycles. The van der Waals surface area contributed by atoms with E-state index in [1.54, 1.807) is 18.2 Å². The van der Waals surface area contributed by atoms with E-state index in [0.717, 1.165) is 63.0 Å². The minimum atomic E-state index is -0.319. The molecule has 1 N–H and O–H groups in total. The number of carbonyl (C=O) groups is 1. The number of anilines is 2. The number of amides is 1. The van der Waals surface area contributed by atoms with Gasteiger partial charge in [-0.3, -0.25) is 9.48 Å². The van der Waals surface area contributed by atoms with Gasteiger partial charge in [0.15, 0.2) is 0 Å². The van der Waals surface area contributed by atoms with Crippen molar-refractivity contribution in [1.82, 2.24) is 14.7 Å². The first-order chi connectivity index (χ1) is 15.9. The van der Waals surface area contributed by atoms with Gasteiger partial charge in [-0.25, -0.2) is 4.39 Å². The molecule has 2 fully saturated rings. The number of carbonyl (C=O) groups excluding carboxylic acids is 1. The number of hydrogen-bond acceptors (Lipinski definition) is 6. The summed E-state index contributed by atoms with van der Waals surface area (Å²) in [7, 11) is 2.07. The van der Waals surface area contributed by atoms with Crippen LogP contribution in [0.25, 0.3) is 0 Å². The van der Waals surface area contributed by atoms with Crippen LogP contribution in [0.5, 0.6) is 0 Å². The molecule has 9 heteroatoms. The van der Waals surface area contributed by atoms with Crippen molar-refractivity contribution in [2.75, 3.05) is 56.7 Å². The standard InChI is InChI=1S/C24H32FN5O2S/c1-4-22(33-23-15-17(2)27-30(23)19-7-13-32-14-8-19)24(31)26-18-5-6-21(20(25)16-18)29-11-9-28(3)10-12-29/h4-6,15-16,19H,7-14H2,1-3H3,(H,26,31)/b22-4-. The number of rotatable bonds is 6. The Morgan fingerprint density at radius 1 is 1.21 bits per heavy atom. The average Bonchev–Trinajstić information content (AvgIpc) is 3.19. The fourth-order valence-electron chi connectivity index (χ4n) is 4.19. The molecule has 33 heavy (non-hydrogen) atoms. The van der Waals surface area contributed by atoms with Crippen LogP contribution in [0.3, 0.4) is 0 Å². The molecule has 0 spiro atoms. The number of benzene rings is 1. The van der Waals surface area contributed by atoms with Gasteiger partial charge in [-0.15, -0.1) is 0 Å². The highest BCUT2D eigenvalue weighted by Gasteiger charge is 2.23. The monoisotopic (exact) mass is 473 g/mol. The fourth-order valence-corrected chi connectivity index (χ4v) is 5.19. The number of likely N-dealkylation sites (N-methyl/N-ethyl adjacent to an activating group) is 1. The van der Waals surface area contributed by atoms with Crippen molar-refractivity contribution in [1.29, 1.82) is 0 Å². The van der Waals surface area contributed by atoms with Crippen molar-refractivity contribution in [2.45, 2.75) is 37.8 Å². The summed E-state index contributed by atoms with van der Waals surface area (Å²) in [6.07, 6.45) is 3.60. The number of piperazine rings is 1. The molecule has 3 heterocycles. The third-order valence-electron chi connectivity index (χ3n) is 6.11. The molecule has 1 aromatic carbocycles. The van der Waals surface area contributed by atoms with E-state index in [1.165, 1.54) is 17.8 Å². The number of hydrogen-bond donors (Lipinski definition) is 1. The van der Waals surface area contributed by atoms with E-state index in [-0.39, 0.29) is 17.8 Å². The number of aryl methyl sites for hydroxylation is 1. The molecule has 0 unspecified atom stereocenters. The minimum Gasteiger partial charge on any atom is -0.381 e. The molecule has 2 saturated heterocycles. The molecule has 7 nitrogen and oxygen atoms in total. The van der Waals surface area contributed by atoms with E-state index in [4.69, 9.17) is 4.74 Å². The van der Waals surface area contributed by atoms with Crippen molar-refractivity contribution in [3.63, 3.8) is 0 Å². The van der Waals surface area contributed by atoms with Gasteiger partial charge in [0.25, 0.3) is 5.91 Å². The Morgan fingerprint density at radius 3 is 2.61 bits per heavy atom. The zero-order chi connectivity index (χ0) is 23.4. The number of ether oxygens (including phenoxy) is 1. The second-order valence-corrected chi connectivity index (χ2v) is 9.64. The van der Waals surface area contributed by atoms with E-state index in [0.29, 0.717) is 16.3 Å². The highest BCUT2D eigenvalue weighted by molar-refractivity contribution is 8.04. The molecule has 0 atom stereocenters. The molecule has 0 radical (unpaired) electrons. The lowest BCUT2D eigenvalue weighted by Crippen LogP contribution is -2.44. The van der Waals surface area contributed by atoms with E-state index in [9.17, 15) is 9.18 Å². The molecule has 4 rings (SSSR count). The summed E-state index contributed by atoms with van der Waals surface area (Å²) in [6.45, 7) is 8.63. The molecule has 0 saturated carbocycles. The Kier molecular flexibility index (Phi) is 7.72. The largest absolute Gasteiger partial charge is 0.381 e. The second-order valence-electron chi connectivity index (χ2n) is 8.58. The molecular weight excluding hydrogens is 441 g/mol. The number of allylic oxidation sites excluding steroid dienone is 1. The minimum absolute atomic E-state index is 0.258. The molecule has 0 aliphatic carbocycles. The molecular formula is C24H32FN5O2S. The molecule has 1 amide bonds. The van der Waals surface area contributed by atoms with E-state index < -0.39 is 0 Å². The number of nitrogens with zero attached hydrogens (tertiary/aromatic N) is 4. The van der Waals surface area contributed by atoms with Crippen LogP contribution < -0.4 is 10.2 Å². The molecule has 2 aliphatic rings. The first-order valence-corrected chi connectivity index (χ1v) is 12.3. The van der Waals surface area contributed by atoms with Gasteiger partial charge in [-0.1, -0.05) is 17.8 Å². The van der Waals surface area contributed by atoms with Crippen LogP contribution in [0.1, 0.15) is 31.5 Å². The van der Waals surface area contributed by atoms with Gasteiger partial charge in [0.05, 0.1) is 27.4 Å². The molecule has 0 bridgehead atoms. The summed E-state index contributed by atoms with van der Waals surface area (Å²) in [4.78, 5) is 17.8. The smallest absolute Gasteiger partial charge is 0.262 e. The van der Waals surface area contributed by atoms with Gasteiger partial charge >= 0.3 is 0 Å². The van der Waals surface area contributed by atoms with Crippen molar-refractivity contribution in [3.05, 3.63) is 46.8 Å². The maximum Gasteiger partial charge on any atom is 0.262 e. The van der Waals surface area contributed by atoms with E-state index in [2.05, 4.69) is 22.4 Å². The predicted molar refractivity (Wildman–Crippen MR) is 130 cm³/mol. The van der Waals surface area contributed by atoms with Gasteiger partial charge in [-0.2, -0.15) is 5.10 Å². The summed E-state index contributed by atoms with van der Waals surface area (Å²) in [5.74, 6) is -0.577. The Hall–Kier alpha value is -2.36. The lowest BCUT2D eigenvalue weighted by Gasteiger charge is -2.34. The Bertz CT molecular complexity index is 1010. The van der Waals surface area contributed by atoms with Crippen LogP contribution >= 0.6 is 11.8 Å². The highest BCUT2D eigenvalue weighted by atomic mass is 32.2. The van der Waals surface area contributed by atoms with Crippen molar-refractivity contribution in [3.8, 4) is 0 Å². The summed E-state index contributed by atoms with van der Waals surface area (Å²) in [5.41, 5.74) is 1.95. The molecule has 2 aliphatic heterocycles. The highest BCUT2D eigenvalue weighted by Crippen LogP contribution is 2.33. The summed E-state index contributed by atoms with van der Waals surface area (Å²) in [6, 6.07) is 7.19. The van der Waals surface area contributed by atoms with Gasteiger partial charge in [0, 0.05) is 45.1 Å². The van der Waals surface area contributed by atoms with Crippen molar-refractivity contribution < 1.29 is 13.9 Å². The zero-order valence-electron chi connectivity index (χ0n) is 19.5. The van der Waals surface area contributed by atoms with Crippen molar-refractivity contribution >= 4 is 29.0 Å². The maximum atomic E-state index is 14.8. The third kappa shape index (κ3) is 5.77. The lowest BCUT2D eigenvalue weighted by molar-refractivity contribution is -0.112. The summed E-state index contributed by atoms with van der Waals surface area (Å²) < 4.78 is 22.3. The number of halogens is 1. The van der Waals surface area contributed by atoms with Crippen molar-refractivity contribution in [2.24, 2.45) is 0 Å². The Labute approximate surface area is 199 Å². The molecule has 178 valence electrons. The Balaban J connectivity index is 1.43. The van der Waals surface area contributed by atoms with Crippen LogP contribution in [0.4, 0.5) is 15.8 Å². The topological polar surface area (TPSA) is 62.6 Å². The quantitative estimate of drug-likeness (QED) is 0.504. The second kappa shape index (κ2) is 10.7. The third-order valence-corrected chi connectivity index (χ3v) is 7.27.